The van der Waals surface area contributed by atoms with Gasteiger partial charge in [0, 0.05) is 16.8 Å². The zero-order valence-electron chi connectivity index (χ0n) is 10.7. The molecule has 0 spiro atoms. The molecule has 1 unspecified atom stereocenters. The minimum atomic E-state index is -0.805. The molecular weight excluding hydrogens is 250 g/mol. The van der Waals surface area contributed by atoms with Gasteiger partial charge in [-0.25, -0.2) is 0 Å². The van der Waals surface area contributed by atoms with E-state index in [4.69, 9.17) is 16.7 Å². The standard InChI is InChI=1S/C14H18ClNO2/c1-10(14(2)7-8-14)16(9-13(17)18)12-5-3-11(15)4-6-12/h3-6,10H,7-9H2,1-2H3,(H,17,18). The first-order valence-electron chi connectivity index (χ1n) is 6.16. The Morgan fingerprint density at radius 1 is 1.44 bits per heavy atom. The molecule has 0 aromatic heterocycles. The van der Waals surface area contributed by atoms with E-state index in [1.165, 1.54) is 0 Å². The van der Waals surface area contributed by atoms with E-state index >= 15 is 0 Å². The van der Waals surface area contributed by atoms with E-state index in [1.807, 2.05) is 17.0 Å². The van der Waals surface area contributed by atoms with E-state index in [9.17, 15) is 4.79 Å². The van der Waals surface area contributed by atoms with Crippen molar-refractivity contribution in [1.29, 1.82) is 0 Å². The van der Waals surface area contributed by atoms with Crippen molar-refractivity contribution in [3.63, 3.8) is 0 Å². The van der Waals surface area contributed by atoms with Gasteiger partial charge >= 0.3 is 5.97 Å². The number of anilines is 1. The number of carboxylic acid groups (broad SMARTS) is 1. The van der Waals surface area contributed by atoms with Crippen LogP contribution in [-0.4, -0.2) is 23.7 Å². The van der Waals surface area contributed by atoms with Crippen molar-refractivity contribution in [1.82, 2.24) is 0 Å². The minimum Gasteiger partial charge on any atom is -0.480 e. The quantitative estimate of drug-likeness (QED) is 0.889. The van der Waals surface area contributed by atoms with Crippen LogP contribution in [-0.2, 0) is 4.79 Å². The molecule has 1 aliphatic rings. The van der Waals surface area contributed by atoms with Crippen molar-refractivity contribution in [3.8, 4) is 0 Å². The Balaban J connectivity index is 2.24. The van der Waals surface area contributed by atoms with E-state index in [-0.39, 0.29) is 18.0 Å². The van der Waals surface area contributed by atoms with Gasteiger partial charge in [0.2, 0.25) is 0 Å². The number of carboxylic acids is 1. The molecule has 1 aliphatic carbocycles. The second-order valence-electron chi connectivity index (χ2n) is 5.33. The lowest BCUT2D eigenvalue weighted by molar-refractivity contribution is -0.135. The monoisotopic (exact) mass is 267 g/mol. The summed E-state index contributed by atoms with van der Waals surface area (Å²) in [4.78, 5) is 13.0. The van der Waals surface area contributed by atoms with Gasteiger partial charge in [-0.3, -0.25) is 4.79 Å². The fraction of sp³-hybridized carbons (Fsp3) is 0.500. The smallest absolute Gasteiger partial charge is 0.323 e. The second kappa shape index (κ2) is 4.81. The van der Waals surface area contributed by atoms with E-state index in [0.29, 0.717) is 5.02 Å². The summed E-state index contributed by atoms with van der Waals surface area (Å²) < 4.78 is 0. The zero-order valence-corrected chi connectivity index (χ0v) is 11.4. The van der Waals surface area contributed by atoms with Crippen LogP contribution >= 0.6 is 11.6 Å². The zero-order chi connectivity index (χ0) is 13.3. The number of halogens is 1. The molecule has 0 aliphatic heterocycles. The largest absolute Gasteiger partial charge is 0.480 e. The maximum Gasteiger partial charge on any atom is 0.323 e. The van der Waals surface area contributed by atoms with Crippen LogP contribution < -0.4 is 4.90 Å². The molecular formula is C14H18ClNO2. The molecule has 0 saturated heterocycles. The SMILES string of the molecule is CC(N(CC(=O)O)c1ccc(Cl)cc1)C1(C)CC1. The first-order chi connectivity index (χ1) is 8.42. The first-order valence-corrected chi connectivity index (χ1v) is 6.54. The molecule has 1 N–H and O–H groups in total. The fourth-order valence-corrected chi connectivity index (χ4v) is 2.35. The van der Waals surface area contributed by atoms with Crippen molar-refractivity contribution in [3.05, 3.63) is 29.3 Å². The van der Waals surface area contributed by atoms with Crippen molar-refractivity contribution >= 4 is 23.3 Å². The molecule has 1 aromatic rings. The van der Waals surface area contributed by atoms with Gasteiger partial charge in [0.1, 0.15) is 6.54 Å². The number of carbonyl (C=O) groups is 1. The third-order valence-corrected chi connectivity index (χ3v) is 4.23. The molecule has 0 amide bonds. The van der Waals surface area contributed by atoms with Crippen molar-refractivity contribution < 1.29 is 9.90 Å². The molecule has 1 atom stereocenters. The molecule has 4 heteroatoms. The Labute approximate surface area is 112 Å². The van der Waals surface area contributed by atoms with Crippen LogP contribution in [0.1, 0.15) is 26.7 Å². The molecule has 3 nitrogen and oxygen atoms in total. The average Bonchev–Trinajstić information content (AvgIpc) is 3.06. The van der Waals surface area contributed by atoms with Gasteiger partial charge in [-0.05, 0) is 49.4 Å². The third kappa shape index (κ3) is 2.78. The molecule has 0 bridgehead atoms. The molecule has 0 heterocycles. The average molecular weight is 268 g/mol. The van der Waals surface area contributed by atoms with Gasteiger partial charge in [-0.2, -0.15) is 0 Å². The summed E-state index contributed by atoms with van der Waals surface area (Å²) in [5.74, 6) is -0.805. The van der Waals surface area contributed by atoms with Crippen LogP contribution in [0.5, 0.6) is 0 Å². The van der Waals surface area contributed by atoms with Crippen LogP contribution in [0.15, 0.2) is 24.3 Å². The first kappa shape index (κ1) is 13.2. The van der Waals surface area contributed by atoms with Crippen molar-refractivity contribution in [2.75, 3.05) is 11.4 Å². The van der Waals surface area contributed by atoms with Gasteiger partial charge in [0.05, 0.1) is 0 Å². The fourth-order valence-electron chi connectivity index (χ4n) is 2.22. The van der Waals surface area contributed by atoms with Crippen LogP contribution in [0.3, 0.4) is 0 Å². The van der Waals surface area contributed by atoms with Gasteiger partial charge in [-0.1, -0.05) is 18.5 Å². The number of nitrogens with zero attached hydrogens (tertiary/aromatic N) is 1. The highest BCUT2D eigenvalue weighted by Crippen LogP contribution is 2.50. The Kier molecular flexibility index (Phi) is 3.53. The van der Waals surface area contributed by atoms with Gasteiger partial charge in [0.25, 0.3) is 0 Å². The summed E-state index contributed by atoms with van der Waals surface area (Å²) in [6.07, 6.45) is 2.33. The number of hydrogen-bond donors (Lipinski definition) is 1. The van der Waals surface area contributed by atoms with E-state index in [2.05, 4.69) is 13.8 Å². The lowest BCUT2D eigenvalue weighted by Crippen LogP contribution is -2.42. The molecule has 1 aromatic carbocycles. The van der Waals surface area contributed by atoms with E-state index in [0.717, 1.165) is 18.5 Å². The minimum absolute atomic E-state index is 0.0262. The Hall–Kier alpha value is -1.22. The van der Waals surface area contributed by atoms with Crippen LogP contribution in [0.2, 0.25) is 5.02 Å². The maximum atomic E-state index is 11.0. The summed E-state index contributed by atoms with van der Waals surface area (Å²) in [5, 5.41) is 9.73. The van der Waals surface area contributed by atoms with E-state index < -0.39 is 5.97 Å². The highest BCUT2D eigenvalue weighted by molar-refractivity contribution is 6.30. The Bertz CT molecular complexity index is 440. The highest BCUT2D eigenvalue weighted by Gasteiger charge is 2.45. The van der Waals surface area contributed by atoms with Crippen LogP contribution in [0.25, 0.3) is 0 Å². The van der Waals surface area contributed by atoms with Gasteiger partial charge < -0.3 is 10.0 Å². The number of benzene rings is 1. The third-order valence-electron chi connectivity index (χ3n) is 3.98. The molecule has 1 fully saturated rings. The Morgan fingerprint density at radius 2 is 2.00 bits per heavy atom. The summed E-state index contributed by atoms with van der Waals surface area (Å²) >= 11 is 5.87. The Morgan fingerprint density at radius 3 is 2.44 bits per heavy atom. The molecule has 2 rings (SSSR count). The highest BCUT2D eigenvalue weighted by atomic mass is 35.5. The van der Waals surface area contributed by atoms with E-state index in [1.54, 1.807) is 12.1 Å². The van der Waals surface area contributed by atoms with Crippen LogP contribution in [0, 0.1) is 5.41 Å². The summed E-state index contributed by atoms with van der Waals surface area (Å²) in [5.41, 5.74) is 1.16. The van der Waals surface area contributed by atoms with Gasteiger partial charge in [-0.15, -0.1) is 0 Å². The van der Waals surface area contributed by atoms with Crippen molar-refractivity contribution in [2.24, 2.45) is 5.41 Å². The van der Waals surface area contributed by atoms with Crippen molar-refractivity contribution in [2.45, 2.75) is 32.7 Å². The lowest BCUT2D eigenvalue weighted by Gasteiger charge is -2.34. The van der Waals surface area contributed by atoms with Gasteiger partial charge in [0.15, 0.2) is 0 Å². The lowest BCUT2D eigenvalue weighted by atomic mass is 9.98. The summed E-state index contributed by atoms with van der Waals surface area (Å²) in [7, 11) is 0. The molecule has 98 valence electrons. The predicted octanol–water partition coefficient (Wildman–Crippen LogP) is 3.42. The predicted molar refractivity (Wildman–Crippen MR) is 73.2 cm³/mol. The summed E-state index contributed by atoms with van der Waals surface area (Å²) in [6.45, 7) is 4.34. The van der Waals surface area contributed by atoms with Crippen LogP contribution in [0.4, 0.5) is 5.69 Å². The normalized spacial score (nSPS) is 18.2. The second-order valence-corrected chi connectivity index (χ2v) is 5.76. The number of rotatable bonds is 5. The maximum absolute atomic E-state index is 11.0. The summed E-state index contributed by atoms with van der Waals surface area (Å²) in [6, 6.07) is 7.58. The number of aliphatic carboxylic acids is 1. The molecule has 1 saturated carbocycles. The molecule has 0 radical (unpaired) electrons. The number of hydrogen-bond acceptors (Lipinski definition) is 2. The topological polar surface area (TPSA) is 40.5 Å². The molecule has 18 heavy (non-hydrogen) atoms.